The summed E-state index contributed by atoms with van der Waals surface area (Å²) >= 11 is 13.1. The molecule has 0 fully saturated rings. The number of aromatic amines is 1. The van der Waals surface area contributed by atoms with E-state index < -0.39 is 11.4 Å². The van der Waals surface area contributed by atoms with Gasteiger partial charge in [-0.3, -0.25) is 9.59 Å². The Labute approximate surface area is 214 Å². The lowest BCUT2D eigenvalue weighted by Crippen LogP contribution is -2.12. The third-order valence-electron chi connectivity index (χ3n) is 4.83. The number of carbonyl (C=O) groups is 1. The highest BCUT2D eigenvalue weighted by molar-refractivity contribution is 7.98. The molecule has 0 spiro atoms. The van der Waals surface area contributed by atoms with Crippen LogP contribution in [0.15, 0.2) is 76.7 Å². The second-order valence-electron chi connectivity index (χ2n) is 7.26. The summed E-state index contributed by atoms with van der Waals surface area (Å²) in [6, 6.07) is 17.4. The Hall–Kier alpha value is -3.64. The van der Waals surface area contributed by atoms with Gasteiger partial charge < -0.3 is 10.3 Å². The van der Waals surface area contributed by atoms with E-state index in [4.69, 9.17) is 29.8 Å². The van der Waals surface area contributed by atoms with E-state index in [1.165, 1.54) is 36.0 Å². The number of benzene rings is 3. The van der Waals surface area contributed by atoms with Gasteiger partial charge in [0.05, 0.1) is 22.3 Å². The van der Waals surface area contributed by atoms with E-state index in [1.54, 1.807) is 36.4 Å². The van der Waals surface area contributed by atoms with Crippen molar-refractivity contribution in [2.24, 2.45) is 0 Å². The van der Waals surface area contributed by atoms with Gasteiger partial charge in [0, 0.05) is 17.0 Å². The molecule has 4 rings (SSSR count). The third-order valence-corrected chi connectivity index (χ3v) is 6.51. The summed E-state index contributed by atoms with van der Waals surface area (Å²) in [5, 5.41) is 3.74. The molecule has 35 heavy (non-hydrogen) atoms. The van der Waals surface area contributed by atoms with Gasteiger partial charge in [-0.25, -0.2) is 14.2 Å². The van der Waals surface area contributed by atoms with Gasteiger partial charge in [-0.1, -0.05) is 59.2 Å². The molecule has 4 aromatic rings. The van der Waals surface area contributed by atoms with E-state index in [2.05, 4.69) is 20.1 Å². The van der Waals surface area contributed by atoms with Gasteiger partial charge in [0.2, 0.25) is 0 Å². The summed E-state index contributed by atoms with van der Waals surface area (Å²) in [6.45, 7) is 7.32. The number of anilines is 1. The predicted octanol–water partition coefficient (Wildman–Crippen LogP) is 6.98. The standard InChI is InChI=1S/C25H15Cl2FN4O2S/c1-29-22-21(15-5-3-6-17(28)11-15)31-25(32-24(22)34)35-13-14-4-2-7-18(10-14)30-23(33)16-8-9-19(26)20(27)12-16/h2-12H,13H2,(H,30,33)(H,31,32,34). The summed E-state index contributed by atoms with van der Waals surface area (Å²) in [7, 11) is 0. The van der Waals surface area contributed by atoms with Crippen molar-refractivity contribution in [3.05, 3.63) is 115 Å². The second-order valence-corrected chi connectivity index (χ2v) is 9.04. The number of aromatic nitrogens is 2. The van der Waals surface area contributed by atoms with Crippen LogP contribution >= 0.6 is 35.0 Å². The molecule has 10 heteroatoms. The van der Waals surface area contributed by atoms with Gasteiger partial charge >= 0.3 is 0 Å². The van der Waals surface area contributed by atoms with Crippen LogP contribution in [0, 0.1) is 12.4 Å². The summed E-state index contributed by atoms with van der Waals surface area (Å²) in [6.07, 6.45) is 0. The Bertz CT molecular complexity index is 1530. The molecule has 0 bridgehead atoms. The number of halogens is 3. The minimum Gasteiger partial charge on any atom is -0.322 e. The van der Waals surface area contributed by atoms with Crippen molar-refractivity contribution in [3.8, 4) is 11.3 Å². The zero-order valence-corrected chi connectivity index (χ0v) is 20.1. The maximum Gasteiger partial charge on any atom is 0.276 e. The first-order valence-corrected chi connectivity index (χ1v) is 11.8. The van der Waals surface area contributed by atoms with Crippen LogP contribution in [-0.2, 0) is 5.75 Å². The van der Waals surface area contributed by atoms with Crippen molar-refractivity contribution in [1.29, 1.82) is 0 Å². The first-order chi connectivity index (χ1) is 16.8. The molecule has 0 aliphatic carbocycles. The van der Waals surface area contributed by atoms with Crippen molar-refractivity contribution in [2.75, 3.05) is 5.32 Å². The highest BCUT2D eigenvalue weighted by atomic mass is 35.5. The lowest BCUT2D eigenvalue weighted by molar-refractivity contribution is 0.102. The number of hydrogen-bond acceptors (Lipinski definition) is 4. The van der Waals surface area contributed by atoms with E-state index in [0.717, 1.165) is 5.56 Å². The van der Waals surface area contributed by atoms with Crippen LogP contribution in [0.2, 0.25) is 10.0 Å². The quantitative estimate of drug-likeness (QED) is 0.162. The van der Waals surface area contributed by atoms with Gasteiger partial charge in [-0.15, -0.1) is 0 Å². The van der Waals surface area contributed by atoms with Crippen molar-refractivity contribution < 1.29 is 9.18 Å². The molecule has 1 aromatic heterocycles. The van der Waals surface area contributed by atoms with Crippen molar-refractivity contribution in [1.82, 2.24) is 9.97 Å². The average Bonchev–Trinajstić information content (AvgIpc) is 2.84. The molecule has 0 radical (unpaired) electrons. The number of nitrogens with one attached hydrogen (secondary N) is 2. The minimum atomic E-state index is -0.598. The molecule has 0 saturated heterocycles. The van der Waals surface area contributed by atoms with Gasteiger partial charge in [0.25, 0.3) is 17.2 Å². The van der Waals surface area contributed by atoms with E-state index in [1.807, 2.05) is 6.07 Å². The molecule has 1 amide bonds. The van der Waals surface area contributed by atoms with Crippen LogP contribution in [0.25, 0.3) is 16.1 Å². The number of thioether (sulfide) groups is 1. The predicted molar refractivity (Wildman–Crippen MR) is 137 cm³/mol. The van der Waals surface area contributed by atoms with Crippen molar-refractivity contribution >= 4 is 52.2 Å². The number of rotatable bonds is 6. The monoisotopic (exact) mass is 524 g/mol. The molecule has 0 aliphatic rings. The van der Waals surface area contributed by atoms with Crippen LogP contribution in [0.5, 0.6) is 0 Å². The van der Waals surface area contributed by atoms with Crippen LogP contribution in [0.3, 0.4) is 0 Å². The molecular formula is C25H15Cl2FN4O2S. The van der Waals surface area contributed by atoms with Gasteiger partial charge in [-0.05, 0) is 53.6 Å². The summed E-state index contributed by atoms with van der Waals surface area (Å²) < 4.78 is 13.7. The zero-order valence-electron chi connectivity index (χ0n) is 17.8. The highest BCUT2D eigenvalue weighted by Gasteiger charge is 2.15. The van der Waals surface area contributed by atoms with E-state index >= 15 is 0 Å². The molecular weight excluding hydrogens is 510 g/mol. The number of nitrogens with zero attached hydrogens (tertiary/aromatic N) is 2. The maximum absolute atomic E-state index is 13.7. The molecule has 2 N–H and O–H groups in total. The lowest BCUT2D eigenvalue weighted by Gasteiger charge is -2.09. The SMILES string of the molecule is [C-]#[N+]c1c(-c2cccc(F)c2)nc(SCc2cccc(NC(=O)c3ccc(Cl)c(Cl)c3)c2)[nH]c1=O. The van der Waals surface area contributed by atoms with Crippen LogP contribution in [-0.4, -0.2) is 15.9 Å². The van der Waals surface area contributed by atoms with E-state index in [0.29, 0.717) is 27.6 Å². The van der Waals surface area contributed by atoms with Crippen molar-refractivity contribution in [3.63, 3.8) is 0 Å². The van der Waals surface area contributed by atoms with Crippen LogP contribution in [0.1, 0.15) is 15.9 Å². The average molecular weight is 525 g/mol. The molecule has 1 heterocycles. The molecule has 0 atom stereocenters. The second kappa shape index (κ2) is 10.7. The van der Waals surface area contributed by atoms with Crippen LogP contribution < -0.4 is 10.9 Å². The Morgan fingerprint density at radius 2 is 1.89 bits per heavy atom. The number of carbonyl (C=O) groups excluding carboxylic acids is 1. The lowest BCUT2D eigenvalue weighted by atomic mass is 10.1. The maximum atomic E-state index is 13.7. The van der Waals surface area contributed by atoms with E-state index in [-0.39, 0.29) is 27.5 Å². The largest absolute Gasteiger partial charge is 0.322 e. The topological polar surface area (TPSA) is 79.2 Å². The van der Waals surface area contributed by atoms with Gasteiger partial charge in [0.15, 0.2) is 5.16 Å². The summed E-state index contributed by atoms with van der Waals surface area (Å²) in [5.41, 5.74) is 1.46. The Morgan fingerprint density at radius 3 is 2.63 bits per heavy atom. The number of hydrogen-bond donors (Lipinski definition) is 2. The smallest absolute Gasteiger partial charge is 0.276 e. The number of amides is 1. The highest BCUT2D eigenvalue weighted by Crippen LogP contribution is 2.29. The number of H-pyrrole nitrogens is 1. The normalized spacial score (nSPS) is 10.6. The van der Waals surface area contributed by atoms with Crippen LogP contribution in [0.4, 0.5) is 15.8 Å². The zero-order chi connectivity index (χ0) is 24.9. The van der Waals surface area contributed by atoms with E-state index in [9.17, 15) is 14.0 Å². The third kappa shape index (κ3) is 5.89. The fraction of sp³-hybridized carbons (Fsp3) is 0.0400. The van der Waals surface area contributed by atoms with Gasteiger partial charge in [0.1, 0.15) is 5.82 Å². The summed E-state index contributed by atoms with van der Waals surface area (Å²) in [4.78, 5) is 35.2. The fourth-order valence-electron chi connectivity index (χ4n) is 3.19. The molecule has 0 unspecified atom stereocenters. The Morgan fingerprint density at radius 1 is 1.09 bits per heavy atom. The first kappa shape index (κ1) is 24.5. The molecule has 0 saturated carbocycles. The summed E-state index contributed by atoms with van der Waals surface area (Å²) in [5.74, 6) is -0.414. The van der Waals surface area contributed by atoms with Crippen molar-refractivity contribution in [2.45, 2.75) is 10.9 Å². The molecule has 6 nitrogen and oxygen atoms in total. The first-order valence-electron chi connectivity index (χ1n) is 10.1. The fourth-order valence-corrected chi connectivity index (χ4v) is 4.29. The Balaban J connectivity index is 1.52. The molecule has 0 aliphatic heterocycles. The minimum absolute atomic E-state index is 0.119. The van der Waals surface area contributed by atoms with Gasteiger partial charge in [-0.2, -0.15) is 0 Å². The molecule has 3 aromatic carbocycles. The molecule has 174 valence electrons. The Kier molecular flexibility index (Phi) is 7.51.